The number of likely N-dealkylation sites (tertiary alicyclic amines) is 1. The first-order valence-electron chi connectivity index (χ1n) is 10.5. The van der Waals surface area contributed by atoms with Gasteiger partial charge in [-0.15, -0.1) is 0 Å². The molecule has 1 aliphatic rings. The first kappa shape index (κ1) is 22.3. The molecule has 1 fully saturated rings. The molecule has 7 nitrogen and oxygen atoms in total. The van der Waals surface area contributed by atoms with Gasteiger partial charge in [-0.2, -0.15) is 5.10 Å². The Kier molecular flexibility index (Phi) is 7.06. The number of carbonyl (C=O) groups excluding carboxylic acids is 1. The predicted molar refractivity (Wildman–Crippen MR) is 127 cm³/mol. The largest absolute Gasteiger partial charge is 0.492 e. The van der Waals surface area contributed by atoms with Crippen LogP contribution in [0.2, 0.25) is 0 Å². The lowest BCUT2D eigenvalue weighted by molar-refractivity contribution is 0.238. The quantitative estimate of drug-likeness (QED) is 0.471. The first-order valence-corrected chi connectivity index (χ1v) is 11.3. The van der Waals surface area contributed by atoms with Crippen LogP contribution in [0.15, 0.2) is 53.1 Å². The van der Waals surface area contributed by atoms with Crippen molar-refractivity contribution >= 4 is 33.3 Å². The summed E-state index contributed by atoms with van der Waals surface area (Å²) in [6.45, 7) is 3.71. The topological polar surface area (TPSA) is 71.4 Å². The molecule has 32 heavy (non-hydrogen) atoms. The number of amides is 2. The van der Waals surface area contributed by atoms with E-state index in [2.05, 4.69) is 36.6 Å². The third-order valence-corrected chi connectivity index (χ3v) is 5.93. The molecule has 9 heteroatoms. The van der Waals surface area contributed by atoms with Crippen molar-refractivity contribution in [2.75, 3.05) is 36.9 Å². The van der Waals surface area contributed by atoms with Crippen molar-refractivity contribution in [3.8, 4) is 17.0 Å². The van der Waals surface area contributed by atoms with Crippen molar-refractivity contribution in [2.24, 2.45) is 7.05 Å². The van der Waals surface area contributed by atoms with Crippen LogP contribution < -0.4 is 15.4 Å². The van der Waals surface area contributed by atoms with Gasteiger partial charge >= 0.3 is 6.03 Å². The van der Waals surface area contributed by atoms with Gasteiger partial charge in [0.1, 0.15) is 18.2 Å². The van der Waals surface area contributed by atoms with Gasteiger partial charge in [0.2, 0.25) is 0 Å². The number of halogens is 2. The maximum atomic E-state index is 13.1. The van der Waals surface area contributed by atoms with Crippen molar-refractivity contribution in [1.82, 2.24) is 14.7 Å². The zero-order chi connectivity index (χ0) is 22.5. The molecule has 3 aromatic rings. The first-order chi connectivity index (χ1) is 15.5. The summed E-state index contributed by atoms with van der Waals surface area (Å²) in [5, 5.41) is 9.82. The van der Waals surface area contributed by atoms with Gasteiger partial charge in [-0.05, 0) is 84.3 Å². The Morgan fingerprint density at radius 1 is 1.12 bits per heavy atom. The fraction of sp³-hybridized carbons (Fsp3) is 0.304. The molecule has 1 aromatic heterocycles. The van der Waals surface area contributed by atoms with Crippen LogP contribution in [0.4, 0.5) is 20.6 Å². The van der Waals surface area contributed by atoms with Gasteiger partial charge in [0, 0.05) is 30.5 Å². The van der Waals surface area contributed by atoms with Crippen molar-refractivity contribution in [2.45, 2.75) is 12.8 Å². The van der Waals surface area contributed by atoms with Crippen LogP contribution in [0.25, 0.3) is 11.3 Å². The van der Waals surface area contributed by atoms with Crippen LogP contribution >= 0.6 is 15.9 Å². The molecule has 0 atom stereocenters. The number of urea groups is 1. The Hall–Kier alpha value is -2.91. The van der Waals surface area contributed by atoms with Gasteiger partial charge in [0.25, 0.3) is 0 Å². The molecule has 0 radical (unpaired) electrons. The van der Waals surface area contributed by atoms with Crippen LogP contribution in [-0.4, -0.2) is 47.0 Å². The lowest BCUT2D eigenvalue weighted by atomic mass is 10.1. The monoisotopic (exact) mass is 501 g/mol. The zero-order valence-electron chi connectivity index (χ0n) is 17.8. The van der Waals surface area contributed by atoms with Gasteiger partial charge in [-0.25, -0.2) is 9.18 Å². The van der Waals surface area contributed by atoms with E-state index in [1.165, 1.54) is 37.1 Å². The molecule has 2 amide bonds. The fourth-order valence-electron chi connectivity index (χ4n) is 3.75. The Morgan fingerprint density at radius 3 is 2.50 bits per heavy atom. The maximum absolute atomic E-state index is 13.1. The summed E-state index contributed by atoms with van der Waals surface area (Å²) < 4.78 is 21.8. The maximum Gasteiger partial charge on any atom is 0.323 e. The van der Waals surface area contributed by atoms with Crippen molar-refractivity contribution < 1.29 is 13.9 Å². The number of nitrogens with one attached hydrogen (secondary N) is 2. The van der Waals surface area contributed by atoms with E-state index in [4.69, 9.17) is 4.74 Å². The van der Waals surface area contributed by atoms with E-state index in [-0.39, 0.29) is 5.82 Å². The van der Waals surface area contributed by atoms with Crippen LogP contribution in [0.3, 0.4) is 0 Å². The Labute approximate surface area is 194 Å². The number of ether oxygens (including phenoxy) is 1. The number of hydrogen-bond donors (Lipinski definition) is 2. The number of hydrogen-bond acceptors (Lipinski definition) is 4. The normalized spacial score (nSPS) is 13.8. The molecule has 4 rings (SSSR count). The molecule has 0 spiro atoms. The van der Waals surface area contributed by atoms with Crippen LogP contribution in [0, 0.1) is 5.82 Å². The number of nitrogens with zero attached hydrogens (tertiary/aromatic N) is 3. The minimum absolute atomic E-state index is 0.359. The second-order valence-electron chi connectivity index (χ2n) is 7.66. The van der Waals surface area contributed by atoms with E-state index < -0.39 is 6.03 Å². The predicted octanol–water partition coefficient (Wildman–Crippen LogP) is 5.11. The minimum atomic E-state index is -0.422. The third kappa shape index (κ3) is 5.46. The van der Waals surface area contributed by atoms with Crippen molar-refractivity contribution in [3.63, 3.8) is 0 Å². The molecule has 2 aromatic carbocycles. The van der Waals surface area contributed by atoms with Gasteiger partial charge in [0.05, 0.1) is 16.4 Å². The van der Waals surface area contributed by atoms with E-state index in [0.717, 1.165) is 41.1 Å². The Bertz CT molecular complexity index is 1060. The number of aromatic nitrogens is 2. The molecule has 0 bridgehead atoms. The second kappa shape index (κ2) is 10.1. The highest BCUT2D eigenvalue weighted by Crippen LogP contribution is 2.36. The third-order valence-electron chi connectivity index (χ3n) is 5.35. The van der Waals surface area contributed by atoms with Crippen LogP contribution in [0.1, 0.15) is 12.8 Å². The van der Waals surface area contributed by atoms with Crippen molar-refractivity contribution in [1.29, 1.82) is 0 Å². The van der Waals surface area contributed by atoms with Gasteiger partial charge < -0.3 is 15.4 Å². The van der Waals surface area contributed by atoms with Crippen LogP contribution in [-0.2, 0) is 7.05 Å². The SMILES string of the molecule is Cn1ncc(Br)c1-c1cc(NC(=O)Nc2ccc(F)cc2)ccc1OCCN1CCCC1. The highest BCUT2D eigenvalue weighted by molar-refractivity contribution is 9.10. The molecule has 0 unspecified atom stereocenters. The van der Waals surface area contributed by atoms with E-state index in [1.54, 1.807) is 16.9 Å². The summed E-state index contributed by atoms with van der Waals surface area (Å²) in [6.07, 6.45) is 4.21. The summed E-state index contributed by atoms with van der Waals surface area (Å²) >= 11 is 3.56. The average molecular weight is 502 g/mol. The lowest BCUT2D eigenvalue weighted by Gasteiger charge is -2.18. The van der Waals surface area contributed by atoms with Gasteiger partial charge in [-0.3, -0.25) is 9.58 Å². The molecule has 1 saturated heterocycles. The minimum Gasteiger partial charge on any atom is -0.492 e. The summed E-state index contributed by atoms with van der Waals surface area (Å²) in [5.41, 5.74) is 2.77. The molecule has 0 saturated carbocycles. The number of carbonyl (C=O) groups is 1. The van der Waals surface area contributed by atoms with Gasteiger partial charge in [-0.1, -0.05) is 0 Å². The summed E-state index contributed by atoms with van der Waals surface area (Å²) in [4.78, 5) is 14.8. The summed E-state index contributed by atoms with van der Waals surface area (Å²) in [7, 11) is 1.86. The van der Waals surface area contributed by atoms with E-state index in [0.29, 0.717) is 18.0 Å². The molecule has 1 aliphatic heterocycles. The van der Waals surface area contributed by atoms with E-state index >= 15 is 0 Å². The number of rotatable bonds is 7. The second-order valence-corrected chi connectivity index (χ2v) is 8.51. The highest BCUT2D eigenvalue weighted by atomic mass is 79.9. The van der Waals surface area contributed by atoms with Crippen molar-refractivity contribution in [3.05, 3.63) is 59.0 Å². The fourth-order valence-corrected chi connectivity index (χ4v) is 4.31. The molecular formula is C23H25BrFN5O2. The molecular weight excluding hydrogens is 477 g/mol. The van der Waals surface area contributed by atoms with E-state index in [1.807, 2.05) is 19.2 Å². The summed E-state index contributed by atoms with van der Waals surface area (Å²) in [5.74, 6) is 0.362. The highest BCUT2D eigenvalue weighted by Gasteiger charge is 2.17. The molecule has 168 valence electrons. The summed E-state index contributed by atoms with van der Waals surface area (Å²) in [6, 6.07) is 10.7. The lowest BCUT2D eigenvalue weighted by Crippen LogP contribution is -2.25. The Morgan fingerprint density at radius 2 is 1.81 bits per heavy atom. The number of aryl methyl sites for hydroxylation is 1. The van der Waals surface area contributed by atoms with Crippen LogP contribution in [0.5, 0.6) is 5.75 Å². The smallest absolute Gasteiger partial charge is 0.323 e. The number of benzene rings is 2. The molecule has 2 heterocycles. The standard InChI is InChI=1S/C23H25BrFN5O2/c1-29-22(20(24)15-26-29)19-14-18(28-23(31)27-17-6-4-16(25)5-7-17)8-9-21(19)32-13-12-30-10-2-3-11-30/h4-9,14-15H,2-3,10-13H2,1H3,(H2,27,28,31). The molecule has 2 N–H and O–H groups in total. The van der Waals surface area contributed by atoms with Gasteiger partial charge in [0.15, 0.2) is 0 Å². The molecule has 0 aliphatic carbocycles. The average Bonchev–Trinajstić information content (AvgIpc) is 3.40. The van der Waals surface area contributed by atoms with E-state index in [9.17, 15) is 9.18 Å². The number of anilines is 2. The Balaban J connectivity index is 1.51. The zero-order valence-corrected chi connectivity index (χ0v) is 19.4.